The maximum Gasteiger partial charge on any atom is 0.303 e. The molecule has 2 aromatic rings. The third-order valence-corrected chi connectivity index (χ3v) is 5.23. The Morgan fingerprint density at radius 2 is 2.00 bits per heavy atom. The van der Waals surface area contributed by atoms with Crippen LogP contribution in [0, 0.1) is 17.1 Å². The van der Waals surface area contributed by atoms with Crippen molar-refractivity contribution in [1.29, 1.82) is 5.26 Å². The minimum Gasteiger partial charge on any atom is -0.457 e. The van der Waals surface area contributed by atoms with Gasteiger partial charge in [0.1, 0.15) is 23.4 Å². The first-order valence-electron chi connectivity index (χ1n) is 8.06. The highest BCUT2D eigenvalue weighted by atomic mass is 32.2. The molecule has 0 N–H and O–H groups in total. The average molecular weight is 403 g/mol. The summed E-state index contributed by atoms with van der Waals surface area (Å²) in [4.78, 5) is 23.8. The first-order valence-corrected chi connectivity index (χ1v) is 9.95. The number of Topliss-reactive ketones (excluding diaryl/α,β-unsaturated/α-hetero) is 1. The van der Waals surface area contributed by atoms with Crippen LogP contribution in [-0.4, -0.2) is 26.4 Å². The van der Waals surface area contributed by atoms with Crippen molar-refractivity contribution in [2.24, 2.45) is 0 Å². The van der Waals surface area contributed by atoms with E-state index in [4.69, 9.17) is 14.7 Å². The molecule has 0 bridgehead atoms. The standard InChI is InChI=1S/C19H14FNO6S/c1-10(22)26-16-8-14(23)18-15(3-4-17(19(16)18)28(2,24)25)27-13-6-11(9-21)5-12(20)7-13/h3-7,16H,8H2,1-2H3/t16-/m1/s1. The van der Waals surface area contributed by atoms with Gasteiger partial charge >= 0.3 is 5.97 Å². The van der Waals surface area contributed by atoms with Crippen molar-refractivity contribution in [3.8, 4) is 17.6 Å². The van der Waals surface area contributed by atoms with Gasteiger partial charge in [0.05, 0.1) is 28.5 Å². The molecule has 0 spiro atoms. The summed E-state index contributed by atoms with van der Waals surface area (Å²) in [5.74, 6) is -1.90. The number of sulfone groups is 1. The molecule has 0 aromatic heterocycles. The predicted octanol–water partition coefficient (Wildman–Crippen LogP) is 3.08. The van der Waals surface area contributed by atoms with Crippen LogP contribution in [0.4, 0.5) is 4.39 Å². The molecule has 1 atom stereocenters. The van der Waals surface area contributed by atoms with Crippen LogP contribution < -0.4 is 4.74 Å². The van der Waals surface area contributed by atoms with Gasteiger partial charge in [0.15, 0.2) is 15.6 Å². The fourth-order valence-electron chi connectivity index (χ4n) is 3.08. The Morgan fingerprint density at radius 3 is 2.61 bits per heavy atom. The van der Waals surface area contributed by atoms with Crippen molar-refractivity contribution in [2.75, 3.05) is 6.26 Å². The Hall–Kier alpha value is -3.25. The lowest BCUT2D eigenvalue weighted by Crippen LogP contribution is -2.10. The summed E-state index contributed by atoms with van der Waals surface area (Å²) >= 11 is 0. The maximum atomic E-state index is 13.7. The van der Waals surface area contributed by atoms with E-state index in [2.05, 4.69) is 0 Å². The Labute approximate surface area is 160 Å². The smallest absolute Gasteiger partial charge is 0.303 e. The molecule has 144 valence electrons. The van der Waals surface area contributed by atoms with Crippen LogP contribution in [0.15, 0.2) is 35.2 Å². The number of hydrogen-bond acceptors (Lipinski definition) is 7. The van der Waals surface area contributed by atoms with Crippen LogP contribution >= 0.6 is 0 Å². The number of rotatable bonds is 4. The van der Waals surface area contributed by atoms with E-state index in [9.17, 15) is 22.4 Å². The van der Waals surface area contributed by atoms with E-state index < -0.39 is 33.5 Å². The molecular formula is C19H14FNO6S. The van der Waals surface area contributed by atoms with Crippen molar-refractivity contribution in [1.82, 2.24) is 0 Å². The fraction of sp³-hybridized carbons (Fsp3) is 0.211. The lowest BCUT2D eigenvalue weighted by atomic mass is 10.1. The van der Waals surface area contributed by atoms with Crippen LogP contribution in [0.5, 0.6) is 11.5 Å². The molecule has 1 aliphatic carbocycles. The largest absolute Gasteiger partial charge is 0.457 e. The quantitative estimate of drug-likeness (QED) is 0.721. The Bertz CT molecular complexity index is 1150. The lowest BCUT2D eigenvalue weighted by Gasteiger charge is -2.16. The maximum absolute atomic E-state index is 13.7. The summed E-state index contributed by atoms with van der Waals surface area (Å²) in [5.41, 5.74) is 0.0116. The van der Waals surface area contributed by atoms with E-state index in [-0.39, 0.29) is 39.5 Å². The van der Waals surface area contributed by atoms with Gasteiger partial charge in [-0.2, -0.15) is 5.26 Å². The zero-order valence-electron chi connectivity index (χ0n) is 14.9. The molecule has 0 aliphatic heterocycles. The minimum atomic E-state index is -3.73. The summed E-state index contributed by atoms with van der Waals surface area (Å²) in [5, 5.41) is 8.95. The number of halogens is 1. The Morgan fingerprint density at radius 1 is 1.29 bits per heavy atom. The Kier molecular flexibility index (Phi) is 4.91. The SMILES string of the molecule is CC(=O)O[C@@H]1CC(=O)c2c(Oc3cc(F)cc(C#N)c3)ccc(S(C)(=O)=O)c21. The van der Waals surface area contributed by atoms with E-state index in [0.29, 0.717) is 0 Å². The number of benzene rings is 2. The summed E-state index contributed by atoms with van der Waals surface area (Å²) in [6.45, 7) is 1.15. The molecule has 0 amide bonds. The van der Waals surface area contributed by atoms with Crippen molar-refractivity contribution in [3.63, 3.8) is 0 Å². The molecule has 7 nitrogen and oxygen atoms in total. The van der Waals surface area contributed by atoms with Gasteiger partial charge < -0.3 is 9.47 Å². The van der Waals surface area contributed by atoms with Gasteiger partial charge in [-0.3, -0.25) is 9.59 Å². The lowest BCUT2D eigenvalue weighted by molar-refractivity contribution is -0.146. The summed E-state index contributed by atoms with van der Waals surface area (Å²) in [6.07, 6.45) is -0.317. The molecule has 0 heterocycles. The second-order valence-electron chi connectivity index (χ2n) is 6.24. The average Bonchev–Trinajstić information content (AvgIpc) is 2.89. The third kappa shape index (κ3) is 3.73. The van der Waals surface area contributed by atoms with Crippen molar-refractivity contribution in [3.05, 3.63) is 52.8 Å². The molecule has 9 heteroatoms. The first-order chi connectivity index (χ1) is 13.1. The van der Waals surface area contributed by atoms with Gasteiger partial charge in [-0.05, 0) is 24.3 Å². The van der Waals surface area contributed by atoms with Crippen molar-refractivity contribution >= 4 is 21.6 Å². The zero-order valence-corrected chi connectivity index (χ0v) is 15.7. The molecule has 0 saturated carbocycles. The van der Waals surface area contributed by atoms with Gasteiger partial charge in [-0.25, -0.2) is 12.8 Å². The number of ether oxygens (including phenoxy) is 2. The first kappa shape index (κ1) is 19.5. The van der Waals surface area contributed by atoms with Crippen LogP contribution in [0.25, 0.3) is 0 Å². The Balaban J connectivity index is 2.17. The summed E-state index contributed by atoms with van der Waals surface area (Å²) in [6, 6.07) is 7.64. The van der Waals surface area contributed by atoms with Gasteiger partial charge in [0.2, 0.25) is 0 Å². The minimum absolute atomic E-state index is 0.0171. The number of carbonyl (C=O) groups excluding carboxylic acids is 2. The van der Waals surface area contributed by atoms with Gasteiger partial charge in [-0.15, -0.1) is 0 Å². The number of carbonyl (C=O) groups is 2. The fourth-order valence-corrected chi connectivity index (χ4v) is 4.03. The molecule has 0 radical (unpaired) electrons. The van der Waals surface area contributed by atoms with Gasteiger partial charge in [-0.1, -0.05) is 0 Å². The van der Waals surface area contributed by atoms with E-state index >= 15 is 0 Å². The third-order valence-electron chi connectivity index (χ3n) is 4.07. The van der Waals surface area contributed by atoms with Crippen molar-refractivity contribution < 1.29 is 31.9 Å². The monoisotopic (exact) mass is 403 g/mol. The zero-order chi connectivity index (χ0) is 20.6. The number of hydrogen-bond donors (Lipinski definition) is 0. The molecule has 0 unspecified atom stereocenters. The normalized spacial score (nSPS) is 15.6. The molecule has 3 rings (SSSR count). The number of ketones is 1. The van der Waals surface area contributed by atoms with Crippen LogP contribution in [0.2, 0.25) is 0 Å². The molecule has 1 aliphatic rings. The second kappa shape index (κ2) is 7.05. The summed E-state index contributed by atoms with van der Waals surface area (Å²) < 4.78 is 48.7. The molecule has 28 heavy (non-hydrogen) atoms. The van der Waals surface area contributed by atoms with E-state index in [1.807, 2.05) is 0 Å². The van der Waals surface area contributed by atoms with Crippen LogP contribution in [0.3, 0.4) is 0 Å². The number of nitriles is 1. The second-order valence-corrected chi connectivity index (χ2v) is 8.22. The number of fused-ring (bicyclic) bond motifs is 1. The van der Waals surface area contributed by atoms with Crippen LogP contribution in [-0.2, 0) is 19.4 Å². The molecule has 0 saturated heterocycles. The van der Waals surface area contributed by atoms with Crippen LogP contribution in [0.1, 0.15) is 40.9 Å². The molecule has 0 fully saturated rings. The van der Waals surface area contributed by atoms with E-state index in [1.54, 1.807) is 6.07 Å². The number of nitrogens with zero attached hydrogens (tertiary/aromatic N) is 1. The van der Waals surface area contributed by atoms with E-state index in [1.165, 1.54) is 18.2 Å². The van der Waals surface area contributed by atoms with Gasteiger partial charge in [0, 0.05) is 24.8 Å². The molecular weight excluding hydrogens is 389 g/mol. The highest BCUT2D eigenvalue weighted by Gasteiger charge is 2.39. The van der Waals surface area contributed by atoms with Crippen molar-refractivity contribution in [2.45, 2.75) is 24.3 Å². The van der Waals surface area contributed by atoms with Gasteiger partial charge in [0.25, 0.3) is 0 Å². The topological polar surface area (TPSA) is 111 Å². The summed E-state index contributed by atoms with van der Waals surface area (Å²) in [7, 11) is -3.73. The number of esters is 1. The molecule has 2 aromatic carbocycles. The highest BCUT2D eigenvalue weighted by molar-refractivity contribution is 7.90. The van der Waals surface area contributed by atoms with E-state index in [0.717, 1.165) is 25.3 Å². The highest BCUT2D eigenvalue weighted by Crippen LogP contribution is 2.44. The predicted molar refractivity (Wildman–Crippen MR) is 94.2 cm³/mol.